The van der Waals surface area contributed by atoms with E-state index in [0.29, 0.717) is 0 Å². The number of nitrogens with zero attached hydrogens (tertiary/aromatic N) is 2. The molecule has 3 heteroatoms. The fraction of sp³-hybridized carbons (Fsp3) is 0.250. The quantitative estimate of drug-likeness (QED) is 0.806. The molecule has 1 N–H and O–H groups in total. The molecule has 3 nitrogen and oxygen atoms in total. The molecule has 0 saturated carbocycles. The molecular weight excluding hydrogens is 188 g/mol. The average molecular weight is 202 g/mol. The largest absolute Gasteiger partial charge is 0.384 e. The number of rotatable bonds is 2. The number of aromatic nitrogens is 2. The third-order valence-corrected chi connectivity index (χ3v) is 2.40. The molecule has 15 heavy (non-hydrogen) atoms. The van der Waals surface area contributed by atoms with Crippen molar-refractivity contribution in [1.82, 2.24) is 9.78 Å². The summed E-state index contributed by atoms with van der Waals surface area (Å²) in [7, 11) is 1.84. The number of benzene rings is 1. The Bertz CT molecular complexity index is 462. The Kier molecular flexibility index (Phi) is 2.56. The summed E-state index contributed by atoms with van der Waals surface area (Å²) in [4.78, 5) is 0. The van der Waals surface area contributed by atoms with Crippen LogP contribution in [-0.2, 0) is 7.05 Å². The number of aliphatic hydroxyl groups is 1. The first kappa shape index (κ1) is 9.93. The van der Waals surface area contributed by atoms with Gasteiger partial charge in [-0.05, 0) is 12.5 Å². The van der Waals surface area contributed by atoms with Crippen molar-refractivity contribution in [2.45, 2.75) is 13.0 Å². The molecule has 0 bridgehead atoms. The van der Waals surface area contributed by atoms with E-state index < -0.39 is 6.10 Å². The van der Waals surface area contributed by atoms with Gasteiger partial charge >= 0.3 is 0 Å². The van der Waals surface area contributed by atoms with Gasteiger partial charge in [-0.25, -0.2) is 0 Å². The zero-order valence-electron chi connectivity index (χ0n) is 8.88. The van der Waals surface area contributed by atoms with Gasteiger partial charge in [0.15, 0.2) is 0 Å². The second-order valence-electron chi connectivity index (χ2n) is 3.76. The number of hydrogen-bond acceptors (Lipinski definition) is 2. The van der Waals surface area contributed by atoms with Crippen molar-refractivity contribution < 1.29 is 5.11 Å². The summed E-state index contributed by atoms with van der Waals surface area (Å²) in [6.45, 7) is 2.01. The van der Waals surface area contributed by atoms with Gasteiger partial charge in [-0.1, -0.05) is 29.8 Å². The Hall–Kier alpha value is -1.61. The van der Waals surface area contributed by atoms with Gasteiger partial charge in [0.25, 0.3) is 0 Å². The molecule has 1 heterocycles. The zero-order valence-corrected chi connectivity index (χ0v) is 8.88. The fourth-order valence-electron chi connectivity index (χ4n) is 1.61. The summed E-state index contributed by atoms with van der Waals surface area (Å²) >= 11 is 0. The van der Waals surface area contributed by atoms with Gasteiger partial charge in [-0.15, -0.1) is 0 Å². The summed E-state index contributed by atoms with van der Waals surface area (Å²) in [5.41, 5.74) is 2.88. The first-order valence-electron chi connectivity index (χ1n) is 4.90. The van der Waals surface area contributed by atoms with Gasteiger partial charge in [0.2, 0.25) is 0 Å². The normalized spacial score (nSPS) is 12.7. The van der Waals surface area contributed by atoms with Crippen LogP contribution in [0.5, 0.6) is 0 Å². The van der Waals surface area contributed by atoms with Crippen LogP contribution in [0.25, 0.3) is 0 Å². The molecule has 1 unspecified atom stereocenters. The van der Waals surface area contributed by atoms with E-state index in [1.807, 2.05) is 44.4 Å². The maximum Gasteiger partial charge on any atom is 0.107 e. The second-order valence-corrected chi connectivity index (χ2v) is 3.76. The smallest absolute Gasteiger partial charge is 0.107 e. The molecular formula is C12H14N2O. The number of aliphatic hydroxyl groups excluding tert-OH is 1. The first-order chi connectivity index (χ1) is 7.16. The molecule has 2 rings (SSSR count). The Morgan fingerprint density at radius 3 is 2.73 bits per heavy atom. The molecule has 0 spiro atoms. The summed E-state index contributed by atoms with van der Waals surface area (Å²) < 4.78 is 1.69. The summed E-state index contributed by atoms with van der Waals surface area (Å²) in [5.74, 6) is 0. The topological polar surface area (TPSA) is 38.1 Å². The molecule has 1 aromatic heterocycles. The van der Waals surface area contributed by atoms with Gasteiger partial charge in [0, 0.05) is 18.8 Å². The molecule has 0 saturated heterocycles. The molecule has 0 aliphatic carbocycles. The highest BCUT2D eigenvalue weighted by Crippen LogP contribution is 2.21. The fourth-order valence-corrected chi connectivity index (χ4v) is 1.61. The number of aryl methyl sites for hydroxylation is 2. The Morgan fingerprint density at radius 1 is 1.33 bits per heavy atom. The zero-order chi connectivity index (χ0) is 10.8. The van der Waals surface area contributed by atoms with E-state index in [2.05, 4.69) is 5.10 Å². The first-order valence-corrected chi connectivity index (χ1v) is 4.90. The van der Waals surface area contributed by atoms with Crippen LogP contribution in [-0.4, -0.2) is 14.9 Å². The van der Waals surface area contributed by atoms with Gasteiger partial charge < -0.3 is 5.11 Å². The van der Waals surface area contributed by atoms with E-state index in [9.17, 15) is 5.11 Å². The molecule has 0 aliphatic heterocycles. The van der Waals surface area contributed by atoms with Crippen molar-refractivity contribution >= 4 is 0 Å². The summed E-state index contributed by atoms with van der Waals surface area (Å²) in [6.07, 6.45) is 2.93. The van der Waals surface area contributed by atoms with Crippen LogP contribution < -0.4 is 0 Å². The minimum absolute atomic E-state index is 0.585. The molecule has 0 aliphatic rings. The SMILES string of the molecule is Cc1cccc(C(O)c2cnn(C)c2)c1. The summed E-state index contributed by atoms with van der Waals surface area (Å²) in [6, 6.07) is 7.87. The lowest BCUT2D eigenvalue weighted by Gasteiger charge is -2.09. The number of hydrogen-bond donors (Lipinski definition) is 1. The molecule has 0 fully saturated rings. The van der Waals surface area contributed by atoms with E-state index >= 15 is 0 Å². The van der Waals surface area contributed by atoms with Crippen molar-refractivity contribution in [1.29, 1.82) is 0 Å². The van der Waals surface area contributed by atoms with Crippen molar-refractivity contribution in [2.24, 2.45) is 7.05 Å². The lowest BCUT2D eigenvalue weighted by atomic mass is 10.0. The Labute approximate surface area is 89.0 Å². The minimum Gasteiger partial charge on any atom is -0.384 e. The lowest BCUT2D eigenvalue weighted by Crippen LogP contribution is -1.98. The molecule has 0 amide bonds. The van der Waals surface area contributed by atoms with Crippen molar-refractivity contribution in [3.63, 3.8) is 0 Å². The van der Waals surface area contributed by atoms with Crippen LogP contribution in [0.4, 0.5) is 0 Å². The van der Waals surface area contributed by atoms with Gasteiger partial charge in [-0.2, -0.15) is 5.10 Å². The predicted molar refractivity (Wildman–Crippen MR) is 58.4 cm³/mol. The van der Waals surface area contributed by atoms with Gasteiger partial charge in [0.1, 0.15) is 6.10 Å². The summed E-state index contributed by atoms with van der Waals surface area (Å²) in [5, 5.41) is 14.1. The molecule has 0 radical (unpaired) electrons. The van der Waals surface area contributed by atoms with Gasteiger partial charge in [0.05, 0.1) is 6.20 Å². The van der Waals surface area contributed by atoms with Crippen LogP contribution in [0, 0.1) is 6.92 Å². The van der Waals surface area contributed by atoms with E-state index in [-0.39, 0.29) is 0 Å². The van der Waals surface area contributed by atoms with Gasteiger partial charge in [-0.3, -0.25) is 4.68 Å². The van der Waals surface area contributed by atoms with Crippen LogP contribution in [0.15, 0.2) is 36.7 Å². The van der Waals surface area contributed by atoms with Crippen molar-refractivity contribution in [3.8, 4) is 0 Å². The highest BCUT2D eigenvalue weighted by atomic mass is 16.3. The molecule has 1 atom stereocenters. The third kappa shape index (κ3) is 2.07. The lowest BCUT2D eigenvalue weighted by molar-refractivity contribution is 0.220. The maximum absolute atomic E-state index is 10.1. The van der Waals surface area contributed by atoms with Crippen molar-refractivity contribution in [3.05, 3.63) is 53.3 Å². The highest BCUT2D eigenvalue weighted by molar-refractivity contribution is 5.30. The van der Waals surface area contributed by atoms with Crippen LogP contribution in [0.3, 0.4) is 0 Å². The van der Waals surface area contributed by atoms with E-state index in [4.69, 9.17) is 0 Å². The molecule has 78 valence electrons. The van der Waals surface area contributed by atoms with Crippen LogP contribution in [0.2, 0.25) is 0 Å². The van der Waals surface area contributed by atoms with Crippen molar-refractivity contribution in [2.75, 3.05) is 0 Å². The monoisotopic (exact) mass is 202 g/mol. The average Bonchev–Trinajstić information content (AvgIpc) is 2.64. The van der Waals surface area contributed by atoms with Crippen LogP contribution >= 0.6 is 0 Å². The van der Waals surface area contributed by atoms with E-state index in [1.165, 1.54) is 0 Å². The maximum atomic E-state index is 10.1. The third-order valence-electron chi connectivity index (χ3n) is 2.40. The second kappa shape index (κ2) is 3.87. The highest BCUT2D eigenvalue weighted by Gasteiger charge is 2.11. The van der Waals surface area contributed by atoms with Crippen LogP contribution in [0.1, 0.15) is 22.8 Å². The van der Waals surface area contributed by atoms with E-state index in [0.717, 1.165) is 16.7 Å². The van der Waals surface area contributed by atoms with E-state index in [1.54, 1.807) is 10.9 Å². The molecule has 2 aromatic rings. The predicted octanol–water partition coefficient (Wildman–Crippen LogP) is 1.81. The molecule has 1 aromatic carbocycles. The Balaban J connectivity index is 2.32. The Morgan fingerprint density at radius 2 is 2.13 bits per heavy atom. The minimum atomic E-state index is -0.585. The standard InChI is InChI=1S/C12H14N2O/c1-9-4-3-5-10(6-9)12(15)11-7-13-14(2)8-11/h3-8,12,15H,1-2H3.